The van der Waals surface area contributed by atoms with Gasteiger partial charge < -0.3 is 10.1 Å². The van der Waals surface area contributed by atoms with Gasteiger partial charge in [-0.3, -0.25) is 4.68 Å². The highest BCUT2D eigenvalue weighted by Gasteiger charge is 2.21. The third kappa shape index (κ3) is 2.89. The maximum Gasteiger partial charge on any atom is 0.119 e. The molecular formula is C17H23N3O. The normalized spacial score (nSPS) is 17.6. The molecule has 1 aliphatic carbocycles. The lowest BCUT2D eigenvalue weighted by molar-refractivity contribution is 0.413. The van der Waals surface area contributed by atoms with Crippen molar-refractivity contribution in [1.29, 1.82) is 0 Å². The van der Waals surface area contributed by atoms with Crippen LogP contribution in [-0.2, 0) is 6.42 Å². The van der Waals surface area contributed by atoms with E-state index in [1.54, 1.807) is 7.11 Å². The summed E-state index contributed by atoms with van der Waals surface area (Å²) in [7, 11) is 1.72. The Balaban J connectivity index is 1.81. The number of aromatic nitrogens is 2. The Bertz CT molecular complexity index is 618. The molecule has 0 saturated carbocycles. The number of aryl methyl sites for hydroxylation is 1. The van der Waals surface area contributed by atoms with Crippen molar-refractivity contribution in [1.82, 2.24) is 9.78 Å². The molecule has 0 aliphatic heterocycles. The van der Waals surface area contributed by atoms with Gasteiger partial charge in [-0.25, -0.2) is 0 Å². The number of rotatable bonds is 4. The zero-order valence-electron chi connectivity index (χ0n) is 13.0. The summed E-state index contributed by atoms with van der Waals surface area (Å²) in [6.45, 7) is 4.28. The van der Waals surface area contributed by atoms with Crippen LogP contribution >= 0.6 is 0 Å². The molecule has 1 aromatic carbocycles. The first kappa shape index (κ1) is 14.0. The monoisotopic (exact) mass is 285 g/mol. The van der Waals surface area contributed by atoms with Crippen LogP contribution in [0.1, 0.15) is 49.9 Å². The number of hydrogen-bond donors (Lipinski definition) is 1. The first-order valence-corrected chi connectivity index (χ1v) is 7.65. The van der Waals surface area contributed by atoms with E-state index >= 15 is 0 Å². The van der Waals surface area contributed by atoms with Crippen LogP contribution in [0.4, 0.5) is 5.69 Å². The van der Waals surface area contributed by atoms with Crippen molar-refractivity contribution < 1.29 is 4.74 Å². The second-order valence-electron chi connectivity index (χ2n) is 5.96. The zero-order valence-corrected chi connectivity index (χ0v) is 13.0. The van der Waals surface area contributed by atoms with E-state index in [0.29, 0.717) is 12.1 Å². The van der Waals surface area contributed by atoms with Gasteiger partial charge in [0.1, 0.15) is 5.75 Å². The fraction of sp³-hybridized carbons (Fsp3) is 0.471. The van der Waals surface area contributed by atoms with Gasteiger partial charge in [-0.15, -0.1) is 0 Å². The second kappa shape index (κ2) is 5.80. The van der Waals surface area contributed by atoms with Crippen molar-refractivity contribution in [3.63, 3.8) is 0 Å². The third-order valence-corrected chi connectivity index (χ3v) is 4.14. The van der Waals surface area contributed by atoms with E-state index in [-0.39, 0.29) is 0 Å². The van der Waals surface area contributed by atoms with Gasteiger partial charge in [-0.05, 0) is 56.4 Å². The highest BCUT2D eigenvalue weighted by atomic mass is 16.5. The summed E-state index contributed by atoms with van der Waals surface area (Å²) in [6.07, 6.45) is 7.50. The minimum atomic E-state index is 0.365. The Morgan fingerprint density at radius 3 is 2.95 bits per heavy atom. The average molecular weight is 285 g/mol. The van der Waals surface area contributed by atoms with E-state index in [0.717, 1.165) is 24.3 Å². The van der Waals surface area contributed by atoms with Crippen LogP contribution in [0.15, 0.2) is 30.6 Å². The van der Waals surface area contributed by atoms with Gasteiger partial charge in [0.15, 0.2) is 0 Å². The van der Waals surface area contributed by atoms with Gasteiger partial charge in [0.25, 0.3) is 0 Å². The van der Waals surface area contributed by atoms with Crippen molar-refractivity contribution in [3.8, 4) is 5.75 Å². The highest BCUT2D eigenvalue weighted by Crippen LogP contribution is 2.34. The molecule has 0 spiro atoms. The van der Waals surface area contributed by atoms with Crippen LogP contribution in [0.3, 0.4) is 0 Å². The molecule has 1 N–H and O–H groups in total. The zero-order chi connectivity index (χ0) is 14.8. The quantitative estimate of drug-likeness (QED) is 0.924. The lowest BCUT2D eigenvalue weighted by atomic mass is 9.87. The molecule has 3 rings (SSSR count). The Hall–Kier alpha value is -1.97. The fourth-order valence-electron chi connectivity index (χ4n) is 2.96. The average Bonchev–Trinajstić information content (AvgIpc) is 2.96. The third-order valence-electron chi connectivity index (χ3n) is 4.14. The summed E-state index contributed by atoms with van der Waals surface area (Å²) in [5.41, 5.74) is 3.88. The molecule has 112 valence electrons. The van der Waals surface area contributed by atoms with E-state index in [1.807, 2.05) is 10.9 Å². The lowest BCUT2D eigenvalue weighted by Gasteiger charge is -2.27. The van der Waals surface area contributed by atoms with Gasteiger partial charge >= 0.3 is 0 Å². The predicted octanol–water partition coefficient (Wildman–Crippen LogP) is 3.96. The Morgan fingerprint density at radius 2 is 2.24 bits per heavy atom. The predicted molar refractivity (Wildman–Crippen MR) is 84.9 cm³/mol. The maximum atomic E-state index is 5.33. The number of benzene rings is 1. The summed E-state index contributed by atoms with van der Waals surface area (Å²) in [4.78, 5) is 0. The van der Waals surface area contributed by atoms with Gasteiger partial charge in [-0.1, -0.05) is 6.07 Å². The molecule has 4 nitrogen and oxygen atoms in total. The van der Waals surface area contributed by atoms with Gasteiger partial charge in [0.2, 0.25) is 0 Å². The summed E-state index contributed by atoms with van der Waals surface area (Å²) >= 11 is 0. The molecule has 2 aromatic rings. The lowest BCUT2D eigenvalue weighted by Crippen LogP contribution is -2.17. The van der Waals surface area contributed by atoms with E-state index in [4.69, 9.17) is 4.74 Å². The first-order valence-electron chi connectivity index (χ1n) is 7.65. The smallest absolute Gasteiger partial charge is 0.119 e. The minimum Gasteiger partial charge on any atom is -0.497 e. The molecule has 0 radical (unpaired) electrons. The summed E-state index contributed by atoms with van der Waals surface area (Å²) in [5, 5.41) is 8.02. The van der Waals surface area contributed by atoms with Gasteiger partial charge in [-0.2, -0.15) is 5.10 Å². The van der Waals surface area contributed by atoms with Crippen LogP contribution in [0.5, 0.6) is 5.75 Å². The molecule has 4 heteroatoms. The van der Waals surface area contributed by atoms with E-state index in [9.17, 15) is 0 Å². The van der Waals surface area contributed by atoms with E-state index < -0.39 is 0 Å². The molecule has 21 heavy (non-hydrogen) atoms. The summed E-state index contributed by atoms with van der Waals surface area (Å²) < 4.78 is 7.32. The number of hydrogen-bond acceptors (Lipinski definition) is 3. The van der Waals surface area contributed by atoms with Crippen LogP contribution in [-0.4, -0.2) is 16.9 Å². The number of nitrogens with one attached hydrogen (secondary N) is 1. The van der Waals surface area contributed by atoms with Crippen LogP contribution in [0.2, 0.25) is 0 Å². The topological polar surface area (TPSA) is 39.1 Å². The number of anilines is 1. The molecule has 1 unspecified atom stereocenters. The number of nitrogens with zero attached hydrogens (tertiary/aromatic N) is 2. The molecular weight excluding hydrogens is 262 g/mol. The summed E-state index contributed by atoms with van der Waals surface area (Å²) in [6, 6.07) is 7.17. The van der Waals surface area contributed by atoms with Crippen molar-refractivity contribution in [2.75, 3.05) is 12.4 Å². The largest absolute Gasteiger partial charge is 0.497 e. The number of ether oxygens (including phenoxy) is 1. The molecule has 1 atom stereocenters. The SMILES string of the molecule is COc1ccc2c(c1)CCCC2Nc1cnn(C(C)C)c1. The van der Waals surface area contributed by atoms with Crippen LogP contribution < -0.4 is 10.1 Å². The van der Waals surface area contributed by atoms with Crippen LogP contribution in [0, 0.1) is 0 Å². The Kier molecular flexibility index (Phi) is 3.86. The fourth-order valence-corrected chi connectivity index (χ4v) is 2.96. The molecule has 0 saturated heterocycles. The van der Waals surface area contributed by atoms with E-state index in [1.165, 1.54) is 17.5 Å². The van der Waals surface area contributed by atoms with Crippen molar-refractivity contribution in [2.24, 2.45) is 0 Å². The molecule has 1 aromatic heterocycles. The standard InChI is InChI=1S/C17H23N3O/c1-12(2)20-11-14(10-18-20)19-17-6-4-5-13-9-15(21-3)7-8-16(13)17/h7-12,17,19H,4-6H2,1-3H3. The van der Waals surface area contributed by atoms with Crippen molar-refractivity contribution in [2.45, 2.75) is 45.2 Å². The molecule has 0 amide bonds. The maximum absolute atomic E-state index is 5.33. The number of methoxy groups -OCH3 is 1. The summed E-state index contributed by atoms with van der Waals surface area (Å²) in [5.74, 6) is 0.946. The van der Waals surface area contributed by atoms with E-state index in [2.05, 4.69) is 48.7 Å². The first-order chi connectivity index (χ1) is 10.2. The van der Waals surface area contributed by atoms with Crippen molar-refractivity contribution in [3.05, 3.63) is 41.7 Å². The molecule has 0 fully saturated rings. The molecule has 0 bridgehead atoms. The van der Waals surface area contributed by atoms with Gasteiger partial charge in [0.05, 0.1) is 25.0 Å². The van der Waals surface area contributed by atoms with Crippen LogP contribution in [0.25, 0.3) is 0 Å². The molecule has 1 aliphatic rings. The minimum absolute atomic E-state index is 0.365. The Morgan fingerprint density at radius 1 is 1.38 bits per heavy atom. The van der Waals surface area contributed by atoms with Crippen molar-refractivity contribution >= 4 is 5.69 Å². The number of fused-ring (bicyclic) bond motifs is 1. The molecule has 1 heterocycles. The highest BCUT2D eigenvalue weighted by molar-refractivity contribution is 5.46. The Labute approximate surface area is 126 Å². The van der Waals surface area contributed by atoms with Gasteiger partial charge in [0, 0.05) is 12.2 Å². The second-order valence-corrected chi connectivity index (χ2v) is 5.96.